The van der Waals surface area contributed by atoms with Crippen molar-refractivity contribution in [3.63, 3.8) is 0 Å². The van der Waals surface area contributed by atoms with Crippen LogP contribution in [0.1, 0.15) is 0 Å². The summed E-state index contributed by atoms with van der Waals surface area (Å²) in [6.45, 7) is 0. The van der Waals surface area contributed by atoms with Crippen molar-refractivity contribution in [2.24, 2.45) is 0 Å². The summed E-state index contributed by atoms with van der Waals surface area (Å²) in [4.78, 5) is 16.7. The molecule has 0 aromatic carbocycles. The van der Waals surface area contributed by atoms with Crippen LogP contribution in [-0.2, 0) is 0 Å². The van der Waals surface area contributed by atoms with Gasteiger partial charge in [-0.1, -0.05) is 0 Å². The van der Waals surface area contributed by atoms with E-state index in [4.69, 9.17) is 30.0 Å². The smallest absolute Gasteiger partial charge is 0.652 e. The van der Waals surface area contributed by atoms with Crippen molar-refractivity contribution in [1.29, 1.82) is 0 Å². The molecule has 0 fully saturated rings. The Morgan fingerprint density at radius 3 is 0.583 bits per heavy atom. The van der Waals surface area contributed by atoms with Gasteiger partial charge in [0.2, 0.25) is 0 Å². The van der Waals surface area contributed by atoms with Crippen LogP contribution in [0.25, 0.3) is 0 Å². The molecule has 0 heterocycles. The first-order chi connectivity index (χ1) is 3.46. The fraction of sp³-hybridized carbons (Fsp3) is 0. The first-order valence-electron chi connectivity index (χ1n) is 1.22. The van der Waals surface area contributed by atoms with E-state index in [0.717, 1.165) is 0 Å². The van der Waals surface area contributed by atoms with E-state index >= 15 is 0 Å². The Hall–Kier alpha value is 5.09. The molecule has 0 saturated carbocycles. The quantitative estimate of drug-likeness (QED) is 0.404. The Morgan fingerprint density at radius 1 is 0.583 bits per heavy atom. The van der Waals surface area contributed by atoms with Crippen LogP contribution in [0.4, 0.5) is 9.59 Å². The molecule has 12 heavy (non-hydrogen) atoms. The van der Waals surface area contributed by atoms with Gasteiger partial charge in [-0.15, -0.1) is 0 Å². The zero-order chi connectivity index (χ0) is 7.15. The molecule has 0 rings (SSSR count). The molecule has 0 spiro atoms. The molecule has 0 atom stereocenters. The molecular weight excluding hydrogens is 276 g/mol. The second-order valence-electron chi connectivity index (χ2n) is 0.500. The van der Waals surface area contributed by atoms with Gasteiger partial charge in [-0.05, 0) is 12.3 Å². The van der Waals surface area contributed by atoms with Crippen LogP contribution in [0.2, 0.25) is 0 Å². The van der Waals surface area contributed by atoms with E-state index in [-0.39, 0.29) is 206 Å². The molecule has 6 nitrogen and oxygen atoms in total. The Balaban J connectivity index is -0.0000000112. The van der Waals surface area contributed by atoms with Gasteiger partial charge < -0.3 is 30.0 Å². The average molecular weight is 276 g/mol. The van der Waals surface area contributed by atoms with Crippen molar-refractivity contribution >= 4 is 12.3 Å². The minimum atomic E-state index is -2.33. The molecule has 0 aliphatic carbocycles. The van der Waals surface area contributed by atoms with E-state index in [0.29, 0.717) is 0 Å². The number of carboxylic acid groups (broad SMARTS) is 4. The van der Waals surface area contributed by atoms with Gasteiger partial charge in [-0.2, -0.15) is 0 Å². The maximum atomic E-state index is 8.33. The third-order valence-corrected chi connectivity index (χ3v) is 0. The van der Waals surface area contributed by atoms with Crippen LogP contribution >= 0.6 is 0 Å². The number of hydrogen-bond acceptors (Lipinski definition) is 6. The Bertz CT molecular complexity index is 75.5. The van der Waals surface area contributed by atoms with Crippen LogP contribution < -0.4 is 226 Å². The number of hydrogen-bond donors (Lipinski definition) is 0. The molecule has 48 valence electrons. The maximum Gasteiger partial charge on any atom is 1.00 e. The molecule has 0 aliphatic rings. The van der Waals surface area contributed by atoms with Gasteiger partial charge in [-0.3, -0.25) is 0 Å². The van der Waals surface area contributed by atoms with Crippen molar-refractivity contribution in [1.82, 2.24) is 0 Å². The standard InChI is InChI=1S/2CH2O3.4K/c2*2-1(3)4;;;;/h2*(H2,2,3,4);;;;/q;;4*+1/p-4. The minimum absolute atomic E-state index is 0. The van der Waals surface area contributed by atoms with Crippen molar-refractivity contribution in [2.75, 3.05) is 0 Å². The summed E-state index contributed by atoms with van der Waals surface area (Å²) in [5.74, 6) is 0. The monoisotopic (exact) mass is 276 g/mol. The van der Waals surface area contributed by atoms with Crippen molar-refractivity contribution in [3.05, 3.63) is 0 Å². The SMILES string of the molecule is O=C([O-])[O-].O=C([O-])[O-].[K+].[K+].[K+].[K+]. The molecule has 0 radical (unpaired) electrons. The Labute approximate surface area is 239 Å². The van der Waals surface area contributed by atoms with Crippen molar-refractivity contribution in [3.8, 4) is 0 Å². The summed E-state index contributed by atoms with van der Waals surface area (Å²) in [5, 5.41) is 33.3. The summed E-state index contributed by atoms with van der Waals surface area (Å²) in [6, 6.07) is 0. The summed E-state index contributed by atoms with van der Waals surface area (Å²) >= 11 is 0. The topological polar surface area (TPSA) is 126 Å². The summed E-state index contributed by atoms with van der Waals surface area (Å²) in [7, 11) is 0. The van der Waals surface area contributed by atoms with Crippen LogP contribution in [0.5, 0.6) is 0 Å². The fourth-order valence-electron chi connectivity index (χ4n) is 0. The van der Waals surface area contributed by atoms with Gasteiger partial charge in [0.05, 0.1) is 0 Å². The predicted octanol–water partition coefficient (Wildman–Crippen LogP) is -16.9. The van der Waals surface area contributed by atoms with Gasteiger partial charge in [0.25, 0.3) is 0 Å². The number of carbonyl (C=O) groups excluding carboxylic acids is 2. The van der Waals surface area contributed by atoms with Crippen LogP contribution in [-0.4, -0.2) is 12.3 Å². The first-order valence-corrected chi connectivity index (χ1v) is 1.22. The molecule has 10 heteroatoms. The Kier molecular flexibility index (Phi) is 89.3. The van der Waals surface area contributed by atoms with Crippen molar-refractivity contribution < 1.29 is 236 Å². The second-order valence-corrected chi connectivity index (χ2v) is 0.500. The molecule has 0 aliphatic heterocycles. The summed E-state index contributed by atoms with van der Waals surface area (Å²) < 4.78 is 0. The molecule has 0 bridgehead atoms. The normalized spacial score (nSPS) is 4.00. The van der Waals surface area contributed by atoms with Gasteiger partial charge in [-0.25, -0.2) is 0 Å². The number of rotatable bonds is 0. The van der Waals surface area contributed by atoms with Crippen molar-refractivity contribution in [2.45, 2.75) is 0 Å². The molecule has 0 saturated heterocycles. The molecule has 0 aromatic heterocycles. The molecule has 0 unspecified atom stereocenters. The van der Waals surface area contributed by atoms with E-state index < -0.39 is 12.3 Å². The summed E-state index contributed by atoms with van der Waals surface area (Å²) in [5.41, 5.74) is 0. The zero-order valence-electron chi connectivity index (χ0n) is 7.45. The van der Waals surface area contributed by atoms with Crippen LogP contribution in [0, 0.1) is 0 Å². The third-order valence-electron chi connectivity index (χ3n) is 0. The predicted molar refractivity (Wildman–Crippen MR) is 10.8 cm³/mol. The zero-order valence-corrected chi connectivity index (χ0v) is 19.9. The van der Waals surface area contributed by atoms with E-state index in [9.17, 15) is 0 Å². The van der Waals surface area contributed by atoms with E-state index in [1.807, 2.05) is 0 Å². The average Bonchev–Trinajstić information content (AvgIpc) is 1.25. The van der Waals surface area contributed by atoms with Gasteiger partial charge >= 0.3 is 206 Å². The van der Waals surface area contributed by atoms with Gasteiger partial charge in [0, 0.05) is 0 Å². The maximum absolute atomic E-state index is 8.33. The van der Waals surface area contributed by atoms with E-state index in [1.54, 1.807) is 0 Å². The minimum Gasteiger partial charge on any atom is -0.652 e. The Morgan fingerprint density at radius 2 is 0.583 bits per heavy atom. The summed E-state index contributed by atoms with van der Waals surface area (Å²) in [6.07, 6.45) is -4.67. The number of carbonyl (C=O) groups is 2. The fourth-order valence-corrected chi connectivity index (χ4v) is 0. The van der Waals surface area contributed by atoms with Gasteiger partial charge in [0.15, 0.2) is 0 Å². The molecule has 0 aromatic rings. The van der Waals surface area contributed by atoms with Crippen LogP contribution in [0.15, 0.2) is 0 Å². The molecule has 0 N–H and O–H groups in total. The van der Waals surface area contributed by atoms with E-state index in [1.165, 1.54) is 0 Å². The molecular formula is C2K4O6. The molecule has 0 amide bonds. The largest absolute Gasteiger partial charge is 1.00 e. The van der Waals surface area contributed by atoms with E-state index in [2.05, 4.69) is 0 Å². The van der Waals surface area contributed by atoms with Gasteiger partial charge in [0.1, 0.15) is 0 Å². The second kappa shape index (κ2) is 29.8. The van der Waals surface area contributed by atoms with Crippen LogP contribution in [0.3, 0.4) is 0 Å². The third kappa shape index (κ3) is 116. The first kappa shape index (κ1) is 36.0.